The molecule has 0 aliphatic heterocycles. The van der Waals surface area contributed by atoms with Gasteiger partial charge in [-0.25, -0.2) is 4.39 Å². The van der Waals surface area contributed by atoms with Crippen molar-refractivity contribution in [2.45, 2.75) is 33.2 Å². The second kappa shape index (κ2) is 6.72. The van der Waals surface area contributed by atoms with E-state index in [1.165, 1.54) is 0 Å². The van der Waals surface area contributed by atoms with Crippen LogP contribution < -0.4 is 10.1 Å². The molecule has 0 spiro atoms. The van der Waals surface area contributed by atoms with Crippen molar-refractivity contribution in [3.63, 3.8) is 0 Å². The van der Waals surface area contributed by atoms with Crippen LogP contribution >= 0.6 is 0 Å². The van der Waals surface area contributed by atoms with Gasteiger partial charge in [0.25, 0.3) is 0 Å². The minimum absolute atomic E-state index is 0.0175. The zero-order chi connectivity index (χ0) is 15.4. The van der Waals surface area contributed by atoms with Crippen molar-refractivity contribution in [1.29, 1.82) is 0 Å². The molecule has 0 saturated carbocycles. The lowest BCUT2D eigenvalue weighted by atomic mass is 10.0. The van der Waals surface area contributed by atoms with Crippen molar-refractivity contribution in [3.05, 3.63) is 58.9 Å². The number of hydrogen-bond acceptors (Lipinski definition) is 2. The third-order valence-electron chi connectivity index (χ3n) is 3.76. The lowest BCUT2D eigenvalue weighted by Gasteiger charge is -2.18. The van der Waals surface area contributed by atoms with E-state index in [2.05, 4.69) is 12.2 Å². The van der Waals surface area contributed by atoms with Gasteiger partial charge >= 0.3 is 0 Å². The van der Waals surface area contributed by atoms with Gasteiger partial charge in [0.1, 0.15) is 17.3 Å². The summed E-state index contributed by atoms with van der Waals surface area (Å²) < 4.78 is 19.9. The summed E-state index contributed by atoms with van der Waals surface area (Å²) in [7, 11) is 1.85. The van der Waals surface area contributed by atoms with Crippen molar-refractivity contribution in [2.24, 2.45) is 0 Å². The summed E-state index contributed by atoms with van der Waals surface area (Å²) in [5, 5.41) is 3.14. The highest BCUT2D eigenvalue weighted by atomic mass is 19.1. The molecule has 0 aliphatic carbocycles. The molecule has 1 unspecified atom stereocenters. The molecule has 2 aromatic rings. The summed E-state index contributed by atoms with van der Waals surface area (Å²) in [6.07, 6.45) is 0.896. The van der Waals surface area contributed by atoms with Crippen molar-refractivity contribution < 1.29 is 9.13 Å². The van der Waals surface area contributed by atoms with E-state index in [0.29, 0.717) is 11.3 Å². The van der Waals surface area contributed by atoms with Gasteiger partial charge in [-0.3, -0.25) is 0 Å². The van der Waals surface area contributed by atoms with E-state index in [1.54, 1.807) is 19.1 Å². The molecular formula is C18H22FNO. The monoisotopic (exact) mass is 287 g/mol. The first-order valence-corrected chi connectivity index (χ1v) is 7.29. The fourth-order valence-electron chi connectivity index (χ4n) is 2.27. The van der Waals surface area contributed by atoms with E-state index >= 15 is 0 Å². The van der Waals surface area contributed by atoms with Crippen LogP contribution in [-0.4, -0.2) is 7.05 Å². The molecule has 112 valence electrons. The van der Waals surface area contributed by atoms with E-state index < -0.39 is 0 Å². The average molecular weight is 287 g/mol. The van der Waals surface area contributed by atoms with Gasteiger partial charge in [-0.2, -0.15) is 0 Å². The van der Waals surface area contributed by atoms with Crippen LogP contribution in [0.3, 0.4) is 0 Å². The molecular weight excluding hydrogens is 265 g/mol. The minimum atomic E-state index is -0.205. The molecule has 21 heavy (non-hydrogen) atoms. The molecule has 3 heteroatoms. The predicted octanol–water partition coefficient (Wildman–Crippen LogP) is 4.77. The quantitative estimate of drug-likeness (QED) is 0.855. The Morgan fingerprint density at radius 3 is 2.57 bits per heavy atom. The van der Waals surface area contributed by atoms with Crippen LogP contribution in [0.25, 0.3) is 0 Å². The molecule has 0 bridgehead atoms. The maximum atomic E-state index is 13.9. The summed E-state index contributed by atoms with van der Waals surface area (Å²) in [4.78, 5) is 0. The summed E-state index contributed by atoms with van der Waals surface area (Å²) >= 11 is 0. The fraction of sp³-hybridized carbons (Fsp3) is 0.333. The molecule has 0 aliphatic rings. The molecule has 2 rings (SSSR count). The smallest absolute Gasteiger partial charge is 0.132 e. The first-order valence-electron chi connectivity index (χ1n) is 7.29. The predicted molar refractivity (Wildman–Crippen MR) is 84.5 cm³/mol. The Morgan fingerprint density at radius 1 is 1.19 bits per heavy atom. The van der Waals surface area contributed by atoms with Gasteiger partial charge in [-0.05, 0) is 56.6 Å². The maximum Gasteiger partial charge on any atom is 0.132 e. The van der Waals surface area contributed by atoms with Crippen molar-refractivity contribution in [1.82, 2.24) is 5.32 Å². The molecule has 1 atom stereocenters. The Labute approximate surface area is 126 Å². The van der Waals surface area contributed by atoms with E-state index in [4.69, 9.17) is 4.74 Å². The molecule has 0 amide bonds. The largest absolute Gasteiger partial charge is 0.457 e. The van der Waals surface area contributed by atoms with Crippen molar-refractivity contribution in [2.75, 3.05) is 7.05 Å². The standard InChI is InChI=1S/C18H22FNO/c1-5-14-8-6-7-9-17(14)21-18-10-12(2)16(19)11-15(18)13(3)20-4/h6-11,13,20H,5H2,1-4H3. The van der Waals surface area contributed by atoms with E-state index in [0.717, 1.165) is 23.3 Å². The Balaban J connectivity index is 2.45. The van der Waals surface area contributed by atoms with Crippen LogP contribution in [-0.2, 0) is 6.42 Å². The number of rotatable bonds is 5. The topological polar surface area (TPSA) is 21.3 Å². The lowest BCUT2D eigenvalue weighted by molar-refractivity contribution is 0.457. The Morgan fingerprint density at radius 2 is 1.90 bits per heavy atom. The van der Waals surface area contributed by atoms with Crippen LogP contribution in [0.5, 0.6) is 11.5 Å². The molecule has 1 N–H and O–H groups in total. The Bertz CT molecular complexity index is 625. The first-order chi connectivity index (χ1) is 10.1. The second-order valence-electron chi connectivity index (χ2n) is 5.21. The van der Waals surface area contributed by atoms with Crippen LogP contribution in [0.15, 0.2) is 36.4 Å². The van der Waals surface area contributed by atoms with Crippen LogP contribution in [0.1, 0.15) is 36.6 Å². The van der Waals surface area contributed by atoms with Gasteiger partial charge in [0.15, 0.2) is 0 Å². The summed E-state index contributed by atoms with van der Waals surface area (Å²) in [6, 6.07) is 11.3. The number of nitrogens with one attached hydrogen (secondary N) is 1. The third-order valence-corrected chi connectivity index (χ3v) is 3.76. The molecule has 2 nitrogen and oxygen atoms in total. The number of aryl methyl sites for hydroxylation is 2. The van der Waals surface area contributed by atoms with Gasteiger partial charge in [0, 0.05) is 11.6 Å². The average Bonchev–Trinajstić information content (AvgIpc) is 2.50. The first kappa shape index (κ1) is 15.5. The van der Waals surface area contributed by atoms with Gasteiger partial charge in [0.2, 0.25) is 0 Å². The molecule has 0 aromatic heterocycles. The number of halogens is 1. The van der Waals surface area contributed by atoms with E-state index in [9.17, 15) is 4.39 Å². The molecule has 2 aromatic carbocycles. The van der Waals surface area contributed by atoms with Crippen LogP contribution in [0.2, 0.25) is 0 Å². The number of para-hydroxylation sites is 1. The highest BCUT2D eigenvalue weighted by Crippen LogP contribution is 2.33. The molecule has 0 radical (unpaired) electrons. The van der Waals surface area contributed by atoms with E-state index in [-0.39, 0.29) is 11.9 Å². The van der Waals surface area contributed by atoms with Crippen LogP contribution in [0.4, 0.5) is 4.39 Å². The molecule has 0 heterocycles. The van der Waals surface area contributed by atoms with Crippen LogP contribution in [0, 0.1) is 12.7 Å². The number of benzene rings is 2. The second-order valence-corrected chi connectivity index (χ2v) is 5.21. The van der Waals surface area contributed by atoms with E-state index in [1.807, 2.05) is 38.2 Å². The zero-order valence-electron chi connectivity index (χ0n) is 13.0. The summed E-state index contributed by atoms with van der Waals surface area (Å²) in [5.41, 5.74) is 2.56. The maximum absolute atomic E-state index is 13.9. The zero-order valence-corrected chi connectivity index (χ0v) is 13.0. The highest BCUT2D eigenvalue weighted by Gasteiger charge is 2.15. The van der Waals surface area contributed by atoms with Gasteiger partial charge in [-0.15, -0.1) is 0 Å². The summed E-state index contributed by atoms with van der Waals surface area (Å²) in [5.74, 6) is 1.33. The Kier molecular flexibility index (Phi) is 4.97. The van der Waals surface area contributed by atoms with Crippen molar-refractivity contribution in [3.8, 4) is 11.5 Å². The fourth-order valence-corrected chi connectivity index (χ4v) is 2.27. The number of ether oxygens (including phenoxy) is 1. The van der Waals surface area contributed by atoms with Gasteiger partial charge < -0.3 is 10.1 Å². The SMILES string of the molecule is CCc1ccccc1Oc1cc(C)c(F)cc1C(C)NC. The Hall–Kier alpha value is -1.87. The van der Waals surface area contributed by atoms with Gasteiger partial charge in [0.05, 0.1) is 0 Å². The minimum Gasteiger partial charge on any atom is -0.457 e. The molecule has 0 saturated heterocycles. The summed E-state index contributed by atoms with van der Waals surface area (Å²) in [6.45, 7) is 5.83. The normalized spacial score (nSPS) is 12.2. The number of hydrogen-bond donors (Lipinski definition) is 1. The highest BCUT2D eigenvalue weighted by molar-refractivity contribution is 5.44. The van der Waals surface area contributed by atoms with Gasteiger partial charge in [-0.1, -0.05) is 25.1 Å². The third kappa shape index (κ3) is 3.42. The molecule has 0 fully saturated rings. The lowest BCUT2D eigenvalue weighted by Crippen LogP contribution is -2.14. The van der Waals surface area contributed by atoms with Crippen molar-refractivity contribution >= 4 is 0 Å².